The maximum atomic E-state index is 9.31. The SMILES string of the molecule is C1COCCO1.CC(C)CCON=O. The summed E-state index contributed by atoms with van der Waals surface area (Å²) in [6.07, 6.45) is 0.895. The molecule has 0 aromatic carbocycles. The first kappa shape index (κ1) is 13.3. The van der Waals surface area contributed by atoms with Crippen molar-refractivity contribution >= 4 is 0 Å². The second kappa shape index (κ2) is 10.4. The topological polar surface area (TPSA) is 57.1 Å². The van der Waals surface area contributed by atoms with Gasteiger partial charge in [-0.05, 0) is 12.3 Å². The molecule has 5 heteroatoms. The Morgan fingerprint density at radius 1 is 1.21 bits per heavy atom. The van der Waals surface area contributed by atoms with E-state index in [1.807, 2.05) is 0 Å². The summed E-state index contributed by atoms with van der Waals surface area (Å²) in [5.41, 5.74) is 0. The molecule has 0 aromatic heterocycles. The quantitative estimate of drug-likeness (QED) is 0.398. The van der Waals surface area contributed by atoms with Gasteiger partial charge in [0.25, 0.3) is 0 Å². The molecule has 1 fully saturated rings. The van der Waals surface area contributed by atoms with E-state index in [0.717, 1.165) is 32.8 Å². The van der Waals surface area contributed by atoms with Crippen LogP contribution in [0.1, 0.15) is 20.3 Å². The van der Waals surface area contributed by atoms with Crippen LogP contribution in [0.15, 0.2) is 5.34 Å². The molecule has 0 bridgehead atoms. The second-order valence-corrected chi connectivity index (χ2v) is 3.32. The average molecular weight is 205 g/mol. The summed E-state index contributed by atoms with van der Waals surface area (Å²) in [7, 11) is 0. The van der Waals surface area contributed by atoms with Crippen LogP contribution in [0.4, 0.5) is 0 Å². The molecule has 0 aromatic rings. The Kier molecular flexibility index (Phi) is 9.90. The fourth-order valence-electron chi connectivity index (χ4n) is 0.766. The third kappa shape index (κ3) is 11.3. The molecule has 0 atom stereocenters. The highest BCUT2D eigenvalue weighted by Gasteiger charge is 1.94. The molecule has 0 saturated carbocycles. The summed E-state index contributed by atoms with van der Waals surface area (Å²) in [4.78, 5) is 13.5. The van der Waals surface area contributed by atoms with Crippen LogP contribution in [-0.2, 0) is 14.3 Å². The van der Waals surface area contributed by atoms with Gasteiger partial charge in [0.1, 0.15) is 6.61 Å². The molecule has 0 radical (unpaired) electrons. The van der Waals surface area contributed by atoms with E-state index in [2.05, 4.69) is 24.0 Å². The zero-order valence-electron chi connectivity index (χ0n) is 8.90. The molecule has 1 heterocycles. The molecule has 1 aliphatic heterocycles. The molecular formula is C9H19NO4. The Balaban J connectivity index is 0.000000249. The molecule has 14 heavy (non-hydrogen) atoms. The molecular weight excluding hydrogens is 186 g/mol. The van der Waals surface area contributed by atoms with Gasteiger partial charge in [-0.25, -0.2) is 0 Å². The van der Waals surface area contributed by atoms with Gasteiger partial charge >= 0.3 is 0 Å². The van der Waals surface area contributed by atoms with E-state index < -0.39 is 0 Å². The minimum atomic E-state index is 0.446. The average Bonchev–Trinajstić information content (AvgIpc) is 2.21. The van der Waals surface area contributed by atoms with E-state index in [9.17, 15) is 4.91 Å². The summed E-state index contributed by atoms with van der Waals surface area (Å²) in [6.45, 7) is 7.68. The molecule has 1 aliphatic rings. The Morgan fingerprint density at radius 3 is 2.00 bits per heavy atom. The van der Waals surface area contributed by atoms with Crippen molar-refractivity contribution in [2.45, 2.75) is 20.3 Å². The van der Waals surface area contributed by atoms with Crippen molar-refractivity contribution in [3.05, 3.63) is 4.91 Å². The monoisotopic (exact) mass is 205 g/mol. The third-order valence-corrected chi connectivity index (χ3v) is 1.58. The van der Waals surface area contributed by atoms with Crippen LogP contribution in [0.25, 0.3) is 0 Å². The van der Waals surface area contributed by atoms with Gasteiger partial charge in [-0.2, -0.15) is 0 Å². The molecule has 84 valence electrons. The highest BCUT2D eigenvalue weighted by atomic mass is 16.7. The highest BCUT2D eigenvalue weighted by molar-refractivity contribution is 4.40. The van der Waals surface area contributed by atoms with Crippen molar-refractivity contribution in [3.63, 3.8) is 0 Å². The smallest absolute Gasteiger partial charge is 0.155 e. The lowest BCUT2D eigenvalue weighted by atomic mass is 10.1. The maximum absolute atomic E-state index is 9.31. The van der Waals surface area contributed by atoms with Crippen molar-refractivity contribution in [1.82, 2.24) is 0 Å². The van der Waals surface area contributed by atoms with Gasteiger partial charge in [0.2, 0.25) is 0 Å². The Morgan fingerprint density at radius 2 is 1.71 bits per heavy atom. The Hall–Kier alpha value is -0.680. The predicted octanol–water partition coefficient (Wildman–Crippen LogP) is 1.76. The molecule has 5 nitrogen and oxygen atoms in total. The number of rotatable bonds is 4. The molecule has 0 N–H and O–H groups in total. The highest BCUT2D eigenvalue weighted by Crippen LogP contribution is 1.98. The van der Waals surface area contributed by atoms with E-state index in [0.29, 0.717) is 12.5 Å². The van der Waals surface area contributed by atoms with Crippen LogP contribution in [0.2, 0.25) is 0 Å². The van der Waals surface area contributed by atoms with Crippen LogP contribution < -0.4 is 0 Å². The summed E-state index contributed by atoms with van der Waals surface area (Å²) < 4.78 is 9.89. The zero-order chi connectivity index (χ0) is 10.6. The van der Waals surface area contributed by atoms with Crippen LogP contribution >= 0.6 is 0 Å². The van der Waals surface area contributed by atoms with Gasteiger partial charge in [0, 0.05) is 0 Å². The molecule has 1 saturated heterocycles. The normalized spacial score (nSPS) is 15.6. The van der Waals surface area contributed by atoms with E-state index in [-0.39, 0.29) is 0 Å². The van der Waals surface area contributed by atoms with Crippen LogP contribution in [0.5, 0.6) is 0 Å². The van der Waals surface area contributed by atoms with Gasteiger partial charge < -0.3 is 14.3 Å². The maximum Gasteiger partial charge on any atom is 0.155 e. The van der Waals surface area contributed by atoms with E-state index >= 15 is 0 Å². The lowest BCUT2D eigenvalue weighted by Gasteiger charge is -2.09. The Bertz CT molecular complexity index is 114. The fraction of sp³-hybridized carbons (Fsp3) is 1.00. The van der Waals surface area contributed by atoms with Gasteiger partial charge in [-0.1, -0.05) is 13.8 Å². The molecule has 0 spiro atoms. The number of nitrogens with zero attached hydrogens (tertiary/aromatic N) is 1. The predicted molar refractivity (Wildman–Crippen MR) is 52.8 cm³/mol. The first-order valence-corrected chi connectivity index (χ1v) is 4.87. The molecule has 0 amide bonds. The second-order valence-electron chi connectivity index (χ2n) is 3.32. The first-order chi connectivity index (χ1) is 6.77. The van der Waals surface area contributed by atoms with Crippen molar-refractivity contribution in [3.8, 4) is 0 Å². The van der Waals surface area contributed by atoms with Crippen molar-refractivity contribution in [2.24, 2.45) is 11.3 Å². The number of hydrogen-bond acceptors (Lipinski definition) is 5. The van der Waals surface area contributed by atoms with Crippen molar-refractivity contribution in [2.75, 3.05) is 33.0 Å². The standard InChI is InChI=1S/C5H11NO2.C4H8O2/c1-5(2)3-4-8-6-7;1-2-6-4-3-5-1/h5H,3-4H2,1-2H3;1-4H2. The van der Waals surface area contributed by atoms with Gasteiger partial charge in [0.15, 0.2) is 5.34 Å². The van der Waals surface area contributed by atoms with Crippen LogP contribution in [0, 0.1) is 10.8 Å². The minimum Gasteiger partial charge on any atom is -0.377 e. The summed E-state index contributed by atoms with van der Waals surface area (Å²) in [6, 6.07) is 0. The molecule has 0 unspecified atom stereocenters. The van der Waals surface area contributed by atoms with Gasteiger partial charge in [0.05, 0.1) is 26.4 Å². The minimum absolute atomic E-state index is 0.446. The van der Waals surface area contributed by atoms with Crippen molar-refractivity contribution in [1.29, 1.82) is 0 Å². The largest absolute Gasteiger partial charge is 0.377 e. The number of hydrogen-bond donors (Lipinski definition) is 0. The molecule has 1 rings (SSSR count). The van der Waals surface area contributed by atoms with Crippen LogP contribution in [-0.4, -0.2) is 33.0 Å². The van der Waals surface area contributed by atoms with E-state index in [4.69, 9.17) is 9.47 Å². The Labute approximate surface area is 84.6 Å². The zero-order valence-corrected chi connectivity index (χ0v) is 8.90. The van der Waals surface area contributed by atoms with Crippen molar-refractivity contribution < 1.29 is 14.3 Å². The lowest BCUT2D eigenvalue weighted by molar-refractivity contribution is -0.0334. The van der Waals surface area contributed by atoms with Gasteiger partial charge in [-0.3, -0.25) is 0 Å². The molecule has 0 aliphatic carbocycles. The first-order valence-electron chi connectivity index (χ1n) is 4.87. The van der Waals surface area contributed by atoms with E-state index in [1.54, 1.807) is 0 Å². The summed E-state index contributed by atoms with van der Waals surface area (Å²) in [5, 5.41) is 2.26. The van der Waals surface area contributed by atoms with Crippen LogP contribution in [0.3, 0.4) is 0 Å². The third-order valence-electron chi connectivity index (χ3n) is 1.58. The number of ether oxygens (including phenoxy) is 2. The van der Waals surface area contributed by atoms with E-state index in [1.165, 1.54) is 0 Å². The summed E-state index contributed by atoms with van der Waals surface area (Å²) >= 11 is 0. The summed E-state index contributed by atoms with van der Waals surface area (Å²) in [5.74, 6) is 0.580. The van der Waals surface area contributed by atoms with Gasteiger partial charge in [-0.15, -0.1) is 4.91 Å². The fourth-order valence-corrected chi connectivity index (χ4v) is 0.766. The lowest BCUT2D eigenvalue weighted by Crippen LogP contribution is -2.16.